The van der Waals surface area contributed by atoms with Gasteiger partial charge in [0.15, 0.2) is 5.65 Å². The minimum absolute atomic E-state index is 0.0663. The quantitative estimate of drug-likeness (QED) is 0.732. The van der Waals surface area contributed by atoms with Crippen molar-refractivity contribution in [3.8, 4) is 0 Å². The SMILES string of the molecule is O=C1c2cnc3[nH]ncc3c2C(=O)N1Cc1cc(F)cc(Cl)c1. The van der Waals surface area contributed by atoms with Crippen LogP contribution in [0.5, 0.6) is 0 Å². The van der Waals surface area contributed by atoms with E-state index in [0.29, 0.717) is 16.6 Å². The van der Waals surface area contributed by atoms with E-state index in [1.54, 1.807) is 0 Å². The number of aromatic amines is 1. The van der Waals surface area contributed by atoms with Crippen molar-refractivity contribution in [1.29, 1.82) is 0 Å². The number of pyridine rings is 1. The Hall–Kier alpha value is -2.80. The molecule has 23 heavy (non-hydrogen) atoms. The summed E-state index contributed by atoms with van der Waals surface area (Å²) in [6.07, 6.45) is 2.80. The van der Waals surface area contributed by atoms with Crippen LogP contribution in [-0.4, -0.2) is 31.9 Å². The highest BCUT2D eigenvalue weighted by molar-refractivity contribution is 6.30. The minimum atomic E-state index is -0.525. The van der Waals surface area contributed by atoms with Crippen LogP contribution in [-0.2, 0) is 6.54 Å². The van der Waals surface area contributed by atoms with Gasteiger partial charge in [0, 0.05) is 11.2 Å². The number of carbonyl (C=O) groups excluding carboxylic acids is 2. The molecule has 0 bridgehead atoms. The molecule has 1 aliphatic rings. The molecule has 2 amide bonds. The van der Waals surface area contributed by atoms with Gasteiger partial charge in [-0.05, 0) is 23.8 Å². The van der Waals surface area contributed by atoms with Crippen LogP contribution < -0.4 is 0 Å². The Bertz CT molecular complexity index is 965. The highest BCUT2D eigenvalue weighted by Gasteiger charge is 2.37. The van der Waals surface area contributed by atoms with E-state index in [2.05, 4.69) is 15.2 Å². The number of nitrogens with one attached hydrogen (secondary N) is 1. The van der Waals surface area contributed by atoms with Gasteiger partial charge in [-0.3, -0.25) is 19.6 Å². The van der Waals surface area contributed by atoms with Gasteiger partial charge in [0.1, 0.15) is 5.82 Å². The molecule has 4 rings (SSSR count). The van der Waals surface area contributed by atoms with Crippen LogP contribution in [0.2, 0.25) is 5.02 Å². The molecule has 0 fully saturated rings. The van der Waals surface area contributed by atoms with Gasteiger partial charge in [-0.25, -0.2) is 9.37 Å². The molecule has 2 aromatic heterocycles. The molecule has 0 radical (unpaired) electrons. The summed E-state index contributed by atoms with van der Waals surface area (Å²) in [6.45, 7) is -0.0663. The van der Waals surface area contributed by atoms with Crippen molar-refractivity contribution in [2.24, 2.45) is 0 Å². The number of rotatable bonds is 2. The Morgan fingerprint density at radius 3 is 2.78 bits per heavy atom. The maximum absolute atomic E-state index is 13.4. The first-order chi connectivity index (χ1) is 11.0. The van der Waals surface area contributed by atoms with Gasteiger partial charge in [-0.15, -0.1) is 0 Å². The van der Waals surface area contributed by atoms with Crippen LogP contribution in [0.25, 0.3) is 11.0 Å². The lowest BCUT2D eigenvalue weighted by Crippen LogP contribution is -2.29. The number of hydrogen-bond donors (Lipinski definition) is 1. The standard InChI is InChI=1S/C15H8ClFN4O2/c16-8-1-7(2-9(17)3-8)6-21-14(22)11-4-18-13-10(5-19-20-13)12(11)15(21)23/h1-5H,6H2,(H,18,19,20). The van der Waals surface area contributed by atoms with E-state index in [1.165, 1.54) is 24.5 Å². The summed E-state index contributed by atoms with van der Waals surface area (Å²) in [5, 5.41) is 7.18. The predicted octanol–water partition coefficient (Wildman–Crippen LogP) is 2.55. The molecule has 0 saturated carbocycles. The molecule has 1 aromatic carbocycles. The molecule has 0 unspecified atom stereocenters. The zero-order chi connectivity index (χ0) is 16.1. The largest absolute Gasteiger partial charge is 0.270 e. The lowest BCUT2D eigenvalue weighted by molar-refractivity contribution is 0.0642. The second-order valence-corrected chi connectivity index (χ2v) is 5.59. The van der Waals surface area contributed by atoms with Crippen molar-refractivity contribution in [3.05, 3.63) is 58.1 Å². The van der Waals surface area contributed by atoms with E-state index >= 15 is 0 Å². The highest BCUT2D eigenvalue weighted by atomic mass is 35.5. The molecule has 0 saturated heterocycles. The second-order valence-electron chi connectivity index (χ2n) is 5.15. The number of halogens is 2. The Morgan fingerprint density at radius 1 is 1.17 bits per heavy atom. The Kier molecular flexibility index (Phi) is 2.92. The van der Waals surface area contributed by atoms with Crippen molar-refractivity contribution in [2.45, 2.75) is 6.54 Å². The van der Waals surface area contributed by atoms with E-state index in [-0.39, 0.29) is 22.7 Å². The number of aromatic nitrogens is 3. The monoisotopic (exact) mass is 330 g/mol. The Labute approximate surface area is 133 Å². The van der Waals surface area contributed by atoms with Gasteiger partial charge in [0.25, 0.3) is 11.8 Å². The van der Waals surface area contributed by atoms with Crippen LogP contribution >= 0.6 is 11.6 Å². The summed E-state index contributed by atoms with van der Waals surface area (Å²) >= 11 is 5.81. The van der Waals surface area contributed by atoms with E-state index in [4.69, 9.17) is 11.6 Å². The molecular weight excluding hydrogens is 323 g/mol. The number of H-pyrrole nitrogens is 1. The molecule has 3 aromatic rings. The van der Waals surface area contributed by atoms with Gasteiger partial charge in [0.05, 0.1) is 29.3 Å². The van der Waals surface area contributed by atoms with Crippen molar-refractivity contribution in [2.75, 3.05) is 0 Å². The lowest BCUT2D eigenvalue weighted by Gasteiger charge is -2.14. The van der Waals surface area contributed by atoms with Crippen LogP contribution in [0, 0.1) is 5.82 Å². The maximum atomic E-state index is 13.4. The van der Waals surface area contributed by atoms with Crippen molar-refractivity contribution < 1.29 is 14.0 Å². The molecule has 1 N–H and O–H groups in total. The number of benzene rings is 1. The summed E-state index contributed by atoms with van der Waals surface area (Å²) in [5.74, 6) is -1.46. The van der Waals surface area contributed by atoms with Crippen molar-refractivity contribution >= 4 is 34.4 Å². The summed E-state index contributed by atoms with van der Waals surface area (Å²) < 4.78 is 13.4. The van der Waals surface area contributed by atoms with Crippen LogP contribution in [0.4, 0.5) is 4.39 Å². The smallest absolute Gasteiger partial charge is 0.263 e. The summed E-state index contributed by atoms with van der Waals surface area (Å²) in [4.78, 5) is 30.2. The van der Waals surface area contributed by atoms with Crippen LogP contribution in [0.3, 0.4) is 0 Å². The van der Waals surface area contributed by atoms with Gasteiger partial charge in [-0.1, -0.05) is 11.6 Å². The molecule has 0 spiro atoms. The summed E-state index contributed by atoms with van der Waals surface area (Å²) in [7, 11) is 0. The fourth-order valence-corrected chi connectivity index (χ4v) is 2.94. The number of fused-ring (bicyclic) bond motifs is 3. The van der Waals surface area contributed by atoms with Crippen molar-refractivity contribution in [1.82, 2.24) is 20.1 Å². The molecule has 0 atom stereocenters. The number of carbonyl (C=O) groups is 2. The topological polar surface area (TPSA) is 79.0 Å². The average molecular weight is 331 g/mol. The fourth-order valence-electron chi connectivity index (χ4n) is 2.69. The number of hydrogen-bond acceptors (Lipinski definition) is 4. The summed E-state index contributed by atoms with van der Waals surface area (Å²) in [5.41, 5.74) is 1.34. The molecule has 6 nitrogen and oxygen atoms in total. The lowest BCUT2D eigenvalue weighted by atomic mass is 10.1. The highest BCUT2D eigenvalue weighted by Crippen LogP contribution is 2.29. The molecule has 8 heteroatoms. The van der Waals surface area contributed by atoms with Crippen molar-refractivity contribution in [3.63, 3.8) is 0 Å². The zero-order valence-electron chi connectivity index (χ0n) is 11.5. The molecule has 114 valence electrons. The number of amides is 2. The second kappa shape index (κ2) is 4.85. The van der Waals surface area contributed by atoms with Crippen LogP contribution in [0.1, 0.15) is 26.3 Å². The third kappa shape index (κ3) is 2.08. The van der Waals surface area contributed by atoms with Gasteiger partial charge in [-0.2, -0.15) is 5.10 Å². The fraction of sp³-hybridized carbons (Fsp3) is 0.0667. The van der Waals surface area contributed by atoms with Gasteiger partial charge in [0.2, 0.25) is 0 Å². The van der Waals surface area contributed by atoms with Gasteiger partial charge < -0.3 is 0 Å². The molecular formula is C15H8ClFN4O2. The molecule has 1 aliphatic heterocycles. The third-order valence-electron chi connectivity index (χ3n) is 3.68. The normalized spacial score (nSPS) is 13.9. The third-order valence-corrected chi connectivity index (χ3v) is 3.90. The zero-order valence-corrected chi connectivity index (χ0v) is 12.3. The predicted molar refractivity (Wildman–Crippen MR) is 79.5 cm³/mol. The number of imide groups is 1. The van der Waals surface area contributed by atoms with E-state index in [0.717, 1.165) is 11.0 Å². The van der Waals surface area contributed by atoms with E-state index in [1.807, 2.05) is 0 Å². The molecule has 3 heterocycles. The number of nitrogens with zero attached hydrogens (tertiary/aromatic N) is 3. The van der Waals surface area contributed by atoms with E-state index in [9.17, 15) is 14.0 Å². The summed E-state index contributed by atoms with van der Waals surface area (Å²) in [6, 6.07) is 3.91. The average Bonchev–Trinajstić information content (AvgIpc) is 3.05. The Balaban J connectivity index is 1.77. The first-order valence-electron chi connectivity index (χ1n) is 6.68. The minimum Gasteiger partial charge on any atom is -0.270 e. The first-order valence-corrected chi connectivity index (χ1v) is 7.05. The Morgan fingerprint density at radius 2 is 2.00 bits per heavy atom. The van der Waals surface area contributed by atoms with Gasteiger partial charge >= 0.3 is 0 Å². The van der Waals surface area contributed by atoms with E-state index < -0.39 is 17.6 Å². The first kappa shape index (κ1) is 13.8. The maximum Gasteiger partial charge on any atom is 0.263 e. The van der Waals surface area contributed by atoms with Crippen LogP contribution in [0.15, 0.2) is 30.6 Å². The molecule has 0 aliphatic carbocycles.